The van der Waals surface area contributed by atoms with Crippen LogP contribution in [0.4, 0.5) is 0 Å². The minimum atomic E-state index is 0. The van der Waals surface area contributed by atoms with Crippen LogP contribution in [0, 0.1) is 0 Å². The third-order valence-electron chi connectivity index (χ3n) is 3.45. The van der Waals surface area contributed by atoms with Crippen LogP contribution >= 0.6 is 0 Å². The van der Waals surface area contributed by atoms with E-state index in [9.17, 15) is 0 Å². The molecule has 0 amide bonds. The van der Waals surface area contributed by atoms with Gasteiger partial charge in [-0.05, 0) is 36.8 Å². The summed E-state index contributed by atoms with van der Waals surface area (Å²) in [5.41, 5.74) is 6.10. The summed E-state index contributed by atoms with van der Waals surface area (Å²) in [6.07, 6.45) is 13.8. The molecule has 2 aliphatic rings. The van der Waals surface area contributed by atoms with Gasteiger partial charge in [0.15, 0.2) is 0 Å². The average Bonchev–Trinajstić information content (AvgIpc) is 2.95. The number of halogens is 4. The standard InChI is InChI=1S/C16H16.4ClH.Zr/c1-2-6-13(5-1)9-10-14-11-15-7-3-4-8-16(15)12-14;;;;;/h1-5,7-8,11H,6,9-10,12H2;4*1H;/q;;;;;+4/p-4. The summed E-state index contributed by atoms with van der Waals surface area (Å²) in [7, 11) is 0. The van der Waals surface area contributed by atoms with Gasteiger partial charge in [-0.3, -0.25) is 0 Å². The molecular formula is C16H16Cl4Zr. The van der Waals surface area contributed by atoms with E-state index in [0.717, 1.165) is 6.42 Å². The van der Waals surface area contributed by atoms with Gasteiger partial charge in [-0.15, -0.1) is 0 Å². The van der Waals surface area contributed by atoms with Crippen molar-refractivity contribution in [3.05, 3.63) is 64.8 Å². The zero-order chi connectivity index (χ0) is 10.8. The molecule has 3 rings (SSSR count). The Labute approximate surface area is 171 Å². The number of fused-ring (bicyclic) bond motifs is 1. The summed E-state index contributed by atoms with van der Waals surface area (Å²) in [5, 5.41) is 0. The SMILES string of the molecule is C1=CCC(CCC2=Cc3ccccc3C2)=C1.[Cl-].[Cl-].[Cl-].[Cl-].[Zr+4]. The van der Waals surface area contributed by atoms with E-state index >= 15 is 0 Å². The summed E-state index contributed by atoms with van der Waals surface area (Å²) in [6.45, 7) is 0. The Morgan fingerprint density at radius 2 is 1.52 bits per heavy atom. The van der Waals surface area contributed by atoms with E-state index < -0.39 is 0 Å². The van der Waals surface area contributed by atoms with E-state index in [1.807, 2.05) is 0 Å². The van der Waals surface area contributed by atoms with Crippen LogP contribution in [-0.2, 0) is 32.6 Å². The fraction of sp³-hybridized carbons (Fsp3) is 0.250. The van der Waals surface area contributed by atoms with Crippen molar-refractivity contribution in [1.82, 2.24) is 0 Å². The van der Waals surface area contributed by atoms with E-state index in [0.29, 0.717) is 0 Å². The Morgan fingerprint density at radius 3 is 2.14 bits per heavy atom. The van der Waals surface area contributed by atoms with Crippen LogP contribution in [0.1, 0.15) is 30.4 Å². The van der Waals surface area contributed by atoms with Crippen molar-refractivity contribution in [3.8, 4) is 0 Å². The summed E-state index contributed by atoms with van der Waals surface area (Å²) in [4.78, 5) is 0. The third-order valence-corrected chi connectivity index (χ3v) is 3.45. The minimum Gasteiger partial charge on any atom is -1.00 e. The molecule has 5 heteroatoms. The van der Waals surface area contributed by atoms with Gasteiger partial charge in [0.25, 0.3) is 0 Å². The fourth-order valence-corrected chi connectivity index (χ4v) is 2.51. The molecule has 0 heterocycles. The van der Waals surface area contributed by atoms with Gasteiger partial charge in [0.05, 0.1) is 0 Å². The molecule has 0 N–H and O–H groups in total. The van der Waals surface area contributed by atoms with E-state index in [1.165, 1.54) is 30.4 Å². The Balaban J connectivity index is -0.000000648. The Kier molecular flexibility index (Phi) is 16.3. The second kappa shape index (κ2) is 13.0. The maximum absolute atomic E-state index is 2.37. The van der Waals surface area contributed by atoms with Crippen LogP contribution in [0.2, 0.25) is 0 Å². The Morgan fingerprint density at radius 1 is 0.857 bits per heavy atom. The monoisotopic (exact) mass is 438 g/mol. The van der Waals surface area contributed by atoms with Crippen LogP contribution in [0.15, 0.2) is 53.6 Å². The molecule has 2 aliphatic carbocycles. The molecule has 0 fully saturated rings. The molecule has 0 saturated heterocycles. The second-order valence-electron chi connectivity index (χ2n) is 4.64. The van der Waals surface area contributed by atoms with E-state index in [4.69, 9.17) is 0 Å². The van der Waals surface area contributed by atoms with Crippen molar-refractivity contribution in [2.45, 2.75) is 25.7 Å². The molecule has 1 aromatic carbocycles. The summed E-state index contributed by atoms with van der Waals surface area (Å²) in [6, 6.07) is 8.73. The number of rotatable bonds is 3. The topological polar surface area (TPSA) is 0 Å². The molecule has 0 aromatic heterocycles. The quantitative estimate of drug-likeness (QED) is 0.438. The molecule has 0 saturated carbocycles. The zero-order valence-corrected chi connectivity index (χ0v) is 16.9. The van der Waals surface area contributed by atoms with Crippen molar-refractivity contribution in [2.24, 2.45) is 0 Å². The maximum Gasteiger partial charge on any atom is 4.00 e. The Bertz CT molecular complexity index is 507. The van der Waals surface area contributed by atoms with Crippen LogP contribution < -0.4 is 49.6 Å². The Hall–Kier alpha value is 0.483. The zero-order valence-electron chi connectivity index (χ0n) is 11.5. The van der Waals surface area contributed by atoms with Gasteiger partial charge in [0.2, 0.25) is 0 Å². The van der Waals surface area contributed by atoms with Crippen LogP contribution in [-0.4, -0.2) is 0 Å². The number of hydrogen-bond acceptors (Lipinski definition) is 0. The van der Waals surface area contributed by atoms with Gasteiger partial charge in [0.1, 0.15) is 0 Å². The first kappa shape index (κ1) is 26.4. The summed E-state index contributed by atoms with van der Waals surface area (Å²) >= 11 is 0. The molecular weight excluding hydrogens is 425 g/mol. The number of allylic oxidation sites excluding steroid dienone is 5. The van der Waals surface area contributed by atoms with Crippen molar-refractivity contribution < 1.29 is 75.8 Å². The van der Waals surface area contributed by atoms with Crippen LogP contribution in [0.5, 0.6) is 0 Å². The maximum atomic E-state index is 2.37. The first-order chi connectivity index (χ1) is 7.92. The smallest absolute Gasteiger partial charge is 1.00 e. The van der Waals surface area contributed by atoms with Crippen molar-refractivity contribution >= 4 is 6.08 Å². The van der Waals surface area contributed by atoms with Crippen molar-refractivity contribution in [2.75, 3.05) is 0 Å². The predicted molar refractivity (Wildman–Crippen MR) is 69.2 cm³/mol. The largest absolute Gasteiger partial charge is 4.00 e. The molecule has 0 radical (unpaired) electrons. The molecule has 0 aliphatic heterocycles. The molecule has 21 heavy (non-hydrogen) atoms. The van der Waals surface area contributed by atoms with E-state index in [2.05, 4.69) is 48.6 Å². The average molecular weight is 441 g/mol. The van der Waals surface area contributed by atoms with Gasteiger partial charge in [-0.2, -0.15) is 0 Å². The molecule has 0 nitrogen and oxygen atoms in total. The molecule has 0 atom stereocenters. The molecule has 112 valence electrons. The summed E-state index contributed by atoms with van der Waals surface area (Å²) < 4.78 is 0. The molecule has 0 bridgehead atoms. The van der Waals surface area contributed by atoms with Crippen LogP contribution in [0.25, 0.3) is 6.08 Å². The molecule has 0 unspecified atom stereocenters. The summed E-state index contributed by atoms with van der Waals surface area (Å²) in [5.74, 6) is 0. The first-order valence-corrected chi connectivity index (χ1v) is 6.04. The van der Waals surface area contributed by atoms with Crippen LogP contribution in [0.3, 0.4) is 0 Å². The van der Waals surface area contributed by atoms with Crippen molar-refractivity contribution in [1.29, 1.82) is 0 Å². The fourth-order valence-electron chi connectivity index (χ4n) is 2.51. The van der Waals surface area contributed by atoms with E-state index in [1.54, 1.807) is 11.1 Å². The number of benzene rings is 1. The van der Waals surface area contributed by atoms with Gasteiger partial charge in [0, 0.05) is 0 Å². The van der Waals surface area contributed by atoms with E-state index in [-0.39, 0.29) is 75.8 Å². The molecule has 1 aromatic rings. The van der Waals surface area contributed by atoms with Gasteiger partial charge < -0.3 is 49.6 Å². The van der Waals surface area contributed by atoms with Gasteiger partial charge in [-0.1, -0.05) is 59.7 Å². The normalized spacial score (nSPS) is 13.1. The third kappa shape index (κ3) is 7.06. The minimum absolute atomic E-state index is 0. The van der Waals surface area contributed by atoms with Gasteiger partial charge in [-0.25, -0.2) is 0 Å². The molecule has 0 spiro atoms. The second-order valence-corrected chi connectivity index (χ2v) is 4.64. The first-order valence-electron chi connectivity index (χ1n) is 6.04. The van der Waals surface area contributed by atoms with Crippen molar-refractivity contribution in [3.63, 3.8) is 0 Å². The predicted octanol–water partition coefficient (Wildman–Crippen LogP) is -7.69. The van der Waals surface area contributed by atoms with Gasteiger partial charge >= 0.3 is 26.2 Å². The number of hydrogen-bond donors (Lipinski definition) is 0.